The highest BCUT2D eigenvalue weighted by molar-refractivity contribution is 5.89. The van der Waals surface area contributed by atoms with E-state index in [1.54, 1.807) is 12.1 Å². The van der Waals surface area contributed by atoms with E-state index in [9.17, 15) is 4.79 Å². The molecule has 2 aliphatic heterocycles. The first-order valence-electron chi connectivity index (χ1n) is 6.85. The van der Waals surface area contributed by atoms with Crippen molar-refractivity contribution in [3.8, 4) is 5.75 Å². The molecule has 4 heteroatoms. The van der Waals surface area contributed by atoms with Gasteiger partial charge in [-0.25, -0.2) is 4.79 Å². The number of hydrogen-bond acceptors (Lipinski definition) is 4. The fourth-order valence-corrected chi connectivity index (χ4v) is 3.08. The zero-order chi connectivity index (χ0) is 13.2. The molecule has 0 aromatic heterocycles. The molecule has 2 fully saturated rings. The van der Waals surface area contributed by atoms with Crippen molar-refractivity contribution in [3.05, 3.63) is 29.8 Å². The van der Waals surface area contributed by atoms with Crippen LogP contribution >= 0.6 is 0 Å². The van der Waals surface area contributed by atoms with Crippen LogP contribution in [0.15, 0.2) is 24.3 Å². The van der Waals surface area contributed by atoms with Crippen molar-refractivity contribution in [2.24, 2.45) is 0 Å². The van der Waals surface area contributed by atoms with Crippen LogP contribution in [0.2, 0.25) is 0 Å². The predicted octanol–water partition coefficient (Wildman–Crippen LogP) is 2.13. The topological polar surface area (TPSA) is 47.6 Å². The van der Waals surface area contributed by atoms with E-state index in [0.717, 1.165) is 18.6 Å². The highest BCUT2D eigenvalue weighted by Gasteiger charge is 2.34. The van der Waals surface area contributed by atoms with Crippen LogP contribution in [0.3, 0.4) is 0 Å². The van der Waals surface area contributed by atoms with Crippen molar-refractivity contribution in [2.75, 3.05) is 7.11 Å². The average Bonchev–Trinajstić information content (AvgIpc) is 2.78. The number of rotatable bonds is 3. The van der Waals surface area contributed by atoms with Crippen molar-refractivity contribution in [1.82, 2.24) is 5.32 Å². The summed E-state index contributed by atoms with van der Waals surface area (Å²) in [5, 5.41) is 3.60. The maximum absolute atomic E-state index is 11.3. The van der Waals surface area contributed by atoms with Crippen molar-refractivity contribution in [2.45, 2.75) is 43.9 Å². The van der Waals surface area contributed by atoms with Gasteiger partial charge in [0.15, 0.2) is 0 Å². The quantitative estimate of drug-likeness (QED) is 0.847. The third-order valence-corrected chi connectivity index (χ3v) is 4.01. The Morgan fingerprint density at radius 1 is 1.16 bits per heavy atom. The number of piperidine rings is 1. The van der Waals surface area contributed by atoms with Gasteiger partial charge in [-0.05, 0) is 49.9 Å². The number of carbonyl (C=O) groups excluding carboxylic acids is 1. The van der Waals surface area contributed by atoms with Crippen LogP contribution in [0.5, 0.6) is 5.75 Å². The molecule has 3 rings (SSSR count). The van der Waals surface area contributed by atoms with Crippen LogP contribution in [0, 0.1) is 0 Å². The van der Waals surface area contributed by atoms with E-state index >= 15 is 0 Å². The van der Waals surface area contributed by atoms with E-state index in [1.807, 2.05) is 12.1 Å². The average molecular weight is 261 g/mol. The second kappa shape index (κ2) is 5.21. The summed E-state index contributed by atoms with van der Waals surface area (Å²) < 4.78 is 10.7. The van der Waals surface area contributed by atoms with E-state index in [4.69, 9.17) is 4.74 Å². The summed E-state index contributed by atoms with van der Waals surface area (Å²) in [6, 6.07) is 8.43. The minimum Gasteiger partial charge on any atom is -0.490 e. The number of carbonyl (C=O) groups is 1. The summed E-state index contributed by atoms with van der Waals surface area (Å²) in [5.41, 5.74) is 0.556. The van der Waals surface area contributed by atoms with E-state index in [-0.39, 0.29) is 5.97 Å². The van der Waals surface area contributed by atoms with Gasteiger partial charge in [0, 0.05) is 12.1 Å². The Morgan fingerprint density at radius 3 is 2.37 bits per heavy atom. The fourth-order valence-electron chi connectivity index (χ4n) is 3.08. The zero-order valence-corrected chi connectivity index (χ0v) is 11.1. The molecule has 0 amide bonds. The van der Waals surface area contributed by atoms with Gasteiger partial charge in [0.25, 0.3) is 0 Å². The molecule has 2 saturated heterocycles. The van der Waals surface area contributed by atoms with Crippen molar-refractivity contribution < 1.29 is 14.3 Å². The largest absolute Gasteiger partial charge is 0.490 e. The van der Waals surface area contributed by atoms with Crippen LogP contribution in [0.1, 0.15) is 36.0 Å². The molecule has 2 heterocycles. The van der Waals surface area contributed by atoms with Gasteiger partial charge in [0.2, 0.25) is 0 Å². The lowest BCUT2D eigenvalue weighted by atomic mass is 10.0. The molecule has 2 atom stereocenters. The van der Waals surface area contributed by atoms with Gasteiger partial charge in [-0.2, -0.15) is 0 Å². The minimum absolute atomic E-state index is 0.294. The molecule has 0 radical (unpaired) electrons. The molecule has 19 heavy (non-hydrogen) atoms. The number of fused-ring (bicyclic) bond motifs is 2. The van der Waals surface area contributed by atoms with Crippen molar-refractivity contribution >= 4 is 5.97 Å². The van der Waals surface area contributed by atoms with Gasteiger partial charge in [0.05, 0.1) is 12.7 Å². The molecule has 0 saturated carbocycles. The Morgan fingerprint density at radius 2 is 1.79 bits per heavy atom. The van der Waals surface area contributed by atoms with E-state index in [1.165, 1.54) is 20.0 Å². The Balaban J connectivity index is 1.62. The summed E-state index contributed by atoms with van der Waals surface area (Å²) in [7, 11) is 1.39. The van der Waals surface area contributed by atoms with Gasteiger partial charge in [-0.15, -0.1) is 0 Å². The van der Waals surface area contributed by atoms with Crippen LogP contribution in [-0.4, -0.2) is 31.3 Å². The van der Waals surface area contributed by atoms with Gasteiger partial charge in [0.1, 0.15) is 11.9 Å². The maximum Gasteiger partial charge on any atom is 0.337 e. The number of nitrogens with one attached hydrogen (secondary N) is 1. The van der Waals surface area contributed by atoms with Gasteiger partial charge in [-0.3, -0.25) is 0 Å². The molecule has 102 valence electrons. The lowest BCUT2D eigenvalue weighted by Crippen LogP contribution is -2.42. The molecular weight excluding hydrogens is 242 g/mol. The molecule has 1 aromatic rings. The van der Waals surface area contributed by atoms with E-state index < -0.39 is 0 Å². The molecule has 1 aromatic carbocycles. The van der Waals surface area contributed by atoms with Crippen LogP contribution in [-0.2, 0) is 4.74 Å². The third-order valence-electron chi connectivity index (χ3n) is 4.01. The standard InChI is InChI=1S/C15H19NO3/c1-18-15(17)10-2-6-13(7-3-10)19-14-8-11-4-5-12(9-14)16-11/h2-3,6-7,11-12,14,16H,4-5,8-9H2,1H3. The second-order valence-electron chi connectivity index (χ2n) is 5.37. The molecule has 0 aliphatic carbocycles. The van der Waals surface area contributed by atoms with E-state index in [2.05, 4.69) is 10.1 Å². The second-order valence-corrected chi connectivity index (χ2v) is 5.37. The Labute approximate surface area is 113 Å². The molecular formula is C15H19NO3. The predicted molar refractivity (Wildman–Crippen MR) is 71.4 cm³/mol. The Bertz CT molecular complexity index is 445. The van der Waals surface area contributed by atoms with Crippen LogP contribution in [0.4, 0.5) is 0 Å². The maximum atomic E-state index is 11.3. The number of methoxy groups -OCH3 is 1. The summed E-state index contributed by atoms with van der Waals surface area (Å²) in [4.78, 5) is 11.3. The molecule has 0 spiro atoms. The van der Waals surface area contributed by atoms with Crippen molar-refractivity contribution in [1.29, 1.82) is 0 Å². The molecule has 4 nitrogen and oxygen atoms in total. The molecule has 2 unspecified atom stereocenters. The number of hydrogen-bond donors (Lipinski definition) is 1. The number of esters is 1. The SMILES string of the molecule is COC(=O)c1ccc(OC2CC3CCC(C2)N3)cc1. The van der Waals surface area contributed by atoms with Crippen LogP contribution < -0.4 is 10.1 Å². The first-order chi connectivity index (χ1) is 9.24. The molecule has 1 N–H and O–H groups in total. The third kappa shape index (κ3) is 2.73. The minimum atomic E-state index is -0.313. The van der Waals surface area contributed by atoms with Crippen LogP contribution in [0.25, 0.3) is 0 Å². The molecule has 2 aliphatic rings. The van der Waals surface area contributed by atoms with E-state index in [0.29, 0.717) is 23.8 Å². The van der Waals surface area contributed by atoms with Gasteiger partial charge < -0.3 is 14.8 Å². The summed E-state index contributed by atoms with van der Waals surface area (Å²) in [5.74, 6) is 0.519. The monoisotopic (exact) mass is 261 g/mol. The fraction of sp³-hybridized carbons (Fsp3) is 0.533. The lowest BCUT2D eigenvalue weighted by molar-refractivity contribution is 0.0600. The Kier molecular flexibility index (Phi) is 3.42. The summed E-state index contributed by atoms with van der Waals surface area (Å²) in [6.45, 7) is 0. The van der Waals surface area contributed by atoms with Gasteiger partial charge >= 0.3 is 5.97 Å². The van der Waals surface area contributed by atoms with Crippen molar-refractivity contribution in [3.63, 3.8) is 0 Å². The van der Waals surface area contributed by atoms with Gasteiger partial charge in [-0.1, -0.05) is 0 Å². The first-order valence-corrected chi connectivity index (χ1v) is 6.85. The summed E-state index contributed by atoms with van der Waals surface area (Å²) in [6.07, 6.45) is 4.99. The number of benzene rings is 1. The smallest absolute Gasteiger partial charge is 0.337 e. The first kappa shape index (κ1) is 12.5. The zero-order valence-electron chi connectivity index (χ0n) is 11.1. The Hall–Kier alpha value is -1.55. The normalized spacial score (nSPS) is 29.0. The highest BCUT2D eigenvalue weighted by atomic mass is 16.5. The highest BCUT2D eigenvalue weighted by Crippen LogP contribution is 2.29. The number of ether oxygens (including phenoxy) is 2. The summed E-state index contributed by atoms with van der Waals surface area (Å²) >= 11 is 0. The lowest BCUT2D eigenvalue weighted by Gasteiger charge is -2.29. The molecule has 2 bridgehead atoms.